The summed E-state index contributed by atoms with van der Waals surface area (Å²) in [6.07, 6.45) is 8.50. The molecular formula is C17H28N4O3S. The summed E-state index contributed by atoms with van der Waals surface area (Å²) in [6, 6.07) is 1.75. The molecule has 1 N–H and O–H groups in total. The molecule has 1 aromatic heterocycles. The molecular weight excluding hydrogens is 340 g/mol. The van der Waals surface area contributed by atoms with E-state index in [-0.39, 0.29) is 18.0 Å². The van der Waals surface area contributed by atoms with Gasteiger partial charge in [0.05, 0.1) is 11.3 Å². The first-order valence-electron chi connectivity index (χ1n) is 9.10. The molecule has 2 heterocycles. The Balaban J connectivity index is 1.74. The number of carbonyl (C=O) groups is 1. The highest BCUT2D eigenvalue weighted by molar-refractivity contribution is 7.91. The van der Waals surface area contributed by atoms with Gasteiger partial charge in [-0.3, -0.25) is 9.48 Å². The van der Waals surface area contributed by atoms with E-state index in [0.717, 1.165) is 45.2 Å². The summed E-state index contributed by atoms with van der Waals surface area (Å²) in [5.74, 6) is -0.192. The van der Waals surface area contributed by atoms with Crippen LogP contribution in [0.5, 0.6) is 0 Å². The molecule has 25 heavy (non-hydrogen) atoms. The van der Waals surface area contributed by atoms with Gasteiger partial charge in [-0.25, -0.2) is 8.42 Å². The zero-order valence-corrected chi connectivity index (χ0v) is 15.8. The summed E-state index contributed by atoms with van der Waals surface area (Å²) in [6.45, 7) is 1.89. The Kier molecular flexibility index (Phi) is 5.48. The van der Waals surface area contributed by atoms with Crippen molar-refractivity contribution in [2.24, 2.45) is 0 Å². The maximum atomic E-state index is 12.9. The van der Waals surface area contributed by atoms with E-state index < -0.39 is 15.1 Å². The minimum Gasteiger partial charge on any atom is -0.336 e. The zero-order chi connectivity index (χ0) is 18.0. The fourth-order valence-electron chi connectivity index (χ4n) is 4.07. The van der Waals surface area contributed by atoms with Crippen molar-refractivity contribution in [1.29, 1.82) is 0 Å². The molecule has 2 fully saturated rings. The molecule has 0 bridgehead atoms. The van der Waals surface area contributed by atoms with Crippen LogP contribution in [-0.4, -0.2) is 66.7 Å². The molecule has 1 amide bonds. The summed E-state index contributed by atoms with van der Waals surface area (Å²) in [5.41, 5.74) is 0.394. The van der Waals surface area contributed by atoms with E-state index in [1.165, 1.54) is 6.26 Å². The molecule has 0 radical (unpaired) electrons. The van der Waals surface area contributed by atoms with Crippen LogP contribution < -0.4 is 5.32 Å². The van der Waals surface area contributed by atoms with Crippen molar-refractivity contribution in [3.05, 3.63) is 18.0 Å². The van der Waals surface area contributed by atoms with Gasteiger partial charge in [0.15, 0.2) is 9.84 Å². The standard InChI is InChI=1S/C17H28N4O3S/c1-20(15-7-3-4-8-16(15)25(2,23)24)17(22)14-9-11-21(19-14)13-6-5-10-18-12-13/h9,11,13,15-16,18H,3-8,10,12H2,1-2H3. The molecule has 1 saturated carbocycles. The Bertz CT molecular complexity index is 709. The number of piperidine rings is 1. The Morgan fingerprint density at radius 2 is 2.04 bits per heavy atom. The summed E-state index contributed by atoms with van der Waals surface area (Å²) in [4.78, 5) is 14.4. The smallest absolute Gasteiger partial charge is 0.274 e. The van der Waals surface area contributed by atoms with Gasteiger partial charge in [-0.2, -0.15) is 5.10 Å². The molecule has 1 aliphatic carbocycles. The first-order chi connectivity index (χ1) is 11.9. The van der Waals surface area contributed by atoms with Crippen molar-refractivity contribution in [1.82, 2.24) is 20.0 Å². The third kappa shape index (κ3) is 4.06. The molecule has 3 unspecified atom stereocenters. The normalized spacial score (nSPS) is 27.8. The maximum Gasteiger partial charge on any atom is 0.274 e. The Morgan fingerprint density at radius 3 is 2.72 bits per heavy atom. The van der Waals surface area contributed by atoms with E-state index in [1.807, 2.05) is 10.9 Å². The monoisotopic (exact) mass is 368 g/mol. The van der Waals surface area contributed by atoms with E-state index >= 15 is 0 Å². The average Bonchev–Trinajstić information content (AvgIpc) is 3.10. The van der Waals surface area contributed by atoms with Gasteiger partial charge in [0.1, 0.15) is 5.69 Å². The molecule has 2 aliphatic rings. The molecule has 0 aromatic carbocycles. The van der Waals surface area contributed by atoms with Crippen LogP contribution in [0.3, 0.4) is 0 Å². The molecule has 140 valence electrons. The van der Waals surface area contributed by atoms with E-state index in [4.69, 9.17) is 0 Å². The number of nitrogens with one attached hydrogen (secondary N) is 1. The Labute approximate surface area is 149 Å². The number of amides is 1. The van der Waals surface area contributed by atoms with Gasteiger partial charge in [0.25, 0.3) is 5.91 Å². The lowest BCUT2D eigenvalue weighted by Gasteiger charge is -2.36. The van der Waals surface area contributed by atoms with Gasteiger partial charge in [0.2, 0.25) is 0 Å². The second kappa shape index (κ2) is 7.45. The van der Waals surface area contributed by atoms with Crippen LogP contribution >= 0.6 is 0 Å². The molecule has 1 aliphatic heterocycles. The van der Waals surface area contributed by atoms with Crippen molar-refractivity contribution >= 4 is 15.7 Å². The zero-order valence-electron chi connectivity index (χ0n) is 15.0. The van der Waals surface area contributed by atoms with Crippen LogP contribution in [0.15, 0.2) is 12.3 Å². The second-order valence-corrected chi connectivity index (χ2v) is 9.58. The van der Waals surface area contributed by atoms with Gasteiger partial charge in [-0.05, 0) is 38.3 Å². The lowest BCUT2D eigenvalue weighted by atomic mass is 9.93. The lowest BCUT2D eigenvalue weighted by molar-refractivity contribution is 0.0693. The highest BCUT2D eigenvalue weighted by Crippen LogP contribution is 2.28. The van der Waals surface area contributed by atoms with Crippen molar-refractivity contribution in [2.45, 2.75) is 55.9 Å². The molecule has 8 heteroatoms. The topological polar surface area (TPSA) is 84.3 Å². The van der Waals surface area contributed by atoms with Gasteiger partial charge < -0.3 is 10.2 Å². The van der Waals surface area contributed by atoms with Gasteiger partial charge in [-0.15, -0.1) is 0 Å². The van der Waals surface area contributed by atoms with Crippen LogP contribution in [0.1, 0.15) is 55.1 Å². The second-order valence-electron chi connectivity index (χ2n) is 7.32. The van der Waals surface area contributed by atoms with Gasteiger partial charge >= 0.3 is 0 Å². The average molecular weight is 369 g/mol. The van der Waals surface area contributed by atoms with Crippen molar-refractivity contribution in [3.63, 3.8) is 0 Å². The number of carbonyl (C=O) groups excluding carboxylic acids is 1. The number of rotatable bonds is 4. The summed E-state index contributed by atoms with van der Waals surface area (Å²) in [5, 5.41) is 7.35. The third-order valence-electron chi connectivity index (χ3n) is 5.51. The van der Waals surface area contributed by atoms with Gasteiger partial charge in [-0.1, -0.05) is 12.8 Å². The highest BCUT2D eigenvalue weighted by atomic mass is 32.2. The van der Waals surface area contributed by atoms with E-state index in [2.05, 4.69) is 10.4 Å². The predicted octanol–water partition coefficient (Wildman–Crippen LogP) is 1.24. The van der Waals surface area contributed by atoms with Gasteiger partial charge in [0, 0.05) is 32.1 Å². The summed E-state index contributed by atoms with van der Waals surface area (Å²) in [7, 11) is -1.47. The largest absolute Gasteiger partial charge is 0.336 e. The summed E-state index contributed by atoms with van der Waals surface area (Å²) >= 11 is 0. The Morgan fingerprint density at radius 1 is 1.28 bits per heavy atom. The van der Waals surface area contributed by atoms with Crippen molar-refractivity contribution in [3.8, 4) is 0 Å². The number of hydrogen-bond acceptors (Lipinski definition) is 5. The lowest BCUT2D eigenvalue weighted by Crippen LogP contribution is -2.49. The SMILES string of the molecule is CN(C(=O)c1ccn(C2CCCNC2)n1)C1CCCCC1S(C)(=O)=O. The van der Waals surface area contributed by atoms with E-state index in [0.29, 0.717) is 12.1 Å². The maximum absolute atomic E-state index is 12.9. The quantitative estimate of drug-likeness (QED) is 0.864. The fourth-order valence-corrected chi connectivity index (χ4v) is 5.55. The van der Waals surface area contributed by atoms with Crippen molar-refractivity contribution < 1.29 is 13.2 Å². The Hall–Kier alpha value is -1.41. The predicted molar refractivity (Wildman–Crippen MR) is 96.3 cm³/mol. The number of aromatic nitrogens is 2. The van der Waals surface area contributed by atoms with E-state index in [1.54, 1.807) is 18.0 Å². The minimum absolute atomic E-state index is 0.192. The molecule has 3 atom stereocenters. The fraction of sp³-hybridized carbons (Fsp3) is 0.765. The van der Waals surface area contributed by atoms with Crippen LogP contribution in [0.2, 0.25) is 0 Å². The number of sulfone groups is 1. The first-order valence-corrected chi connectivity index (χ1v) is 11.1. The molecule has 1 saturated heterocycles. The first kappa shape index (κ1) is 18.4. The van der Waals surface area contributed by atoms with Crippen LogP contribution in [0.25, 0.3) is 0 Å². The van der Waals surface area contributed by atoms with Crippen LogP contribution in [0.4, 0.5) is 0 Å². The summed E-state index contributed by atoms with van der Waals surface area (Å²) < 4.78 is 26.1. The number of hydrogen-bond donors (Lipinski definition) is 1. The van der Waals surface area contributed by atoms with Crippen LogP contribution in [-0.2, 0) is 9.84 Å². The number of nitrogens with zero attached hydrogens (tertiary/aromatic N) is 3. The molecule has 3 rings (SSSR count). The van der Waals surface area contributed by atoms with Crippen molar-refractivity contribution in [2.75, 3.05) is 26.4 Å². The minimum atomic E-state index is -3.18. The third-order valence-corrected chi connectivity index (χ3v) is 7.16. The molecule has 1 aromatic rings. The molecule has 7 nitrogen and oxygen atoms in total. The van der Waals surface area contributed by atoms with Crippen LogP contribution in [0, 0.1) is 0 Å². The van der Waals surface area contributed by atoms with E-state index in [9.17, 15) is 13.2 Å². The molecule has 0 spiro atoms. The highest BCUT2D eigenvalue weighted by Gasteiger charge is 2.37.